The molecule has 2 nitrogen and oxygen atoms in total. The fourth-order valence-electron chi connectivity index (χ4n) is 0.796. The van der Waals surface area contributed by atoms with Gasteiger partial charge in [-0.15, -0.1) is 0 Å². The Morgan fingerprint density at radius 3 is 2.53 bits per heavy atom. The van der Waals surface area contributed by atoms with Gasteiger partial charge in [-0.25, -0.2) is 4.79 Å². The van der Waals surface area contributed by atoms with Crippen molar-refractivity contribution in [3.8, 4) is 0 Å². The normalized spacial score (nSPS) is 13.1. The van der Waals surface area contributed by atoms with Crippen molar-refractivity contribution in [2.75, 3.05) is 6.61 Å². The Morgan fingerprint density at radius 2 is 1.93 bits per heavy atom. The van der Waals surface area contributed by atoms with Crippen LogP contribution in [-0.4, -0.2) is 12.6 Å². The van der Waals surface area contributed by atoms with Crippen LogP contribution >= 0.6 is 15.9 Å². The molecule has 15 heavy (non-hydrogen) atoms. The van der Waals surface area contributed by atoms with Gasteiger partial charge in [-0.05, 0) is 24.4 Å². The zero-order valence-electron chi connectivity index (χ0n) is 8.94. The zero-order chi connectivity index (χ0) is 11.5. The predicted molar refractivity (Wildman–Crippen MR) is 66.7 cm³/mol. The first-order valence-electron chi connectivity index (χ1n) is 4.65. The van der Waals surface area contributed by atoms with Crippen LogP contribution in [0, 0.1) is 0 Å². The second-order valence-electron chi connectivity index (χ2n) is 2.70. The highest BCUT2D eigenvalue weighted by molar-refractivity contribution is 9.11. The first-order valence-corrected chi connectivity index (χ1v) is 5.57. The molecule has 0 amide bonds. The van der Waals surface area contributed by atoms with E-state index in [1.165, 1.54) is 6.08 Å². The number of hydrogen-bond acceptors (Lipinski definition) is 2. The number of rotatable bonds is 5. The molecule has 0 aliphatic rings. The van der Waals surface area contributed by atoms with E-state index >= 15 is 0 Å². The zero-order valence-corrected chi connectivity index (χ0v) is 10.5. The summed E-state index contributed by atoms with van der Waals surface area (Å²) < 4.78 is 4.77. The van der Waals surface area contributed by atoms with Crippen LogP contribution in [0.15, 0.2) is 47.0 Å². The molecule has 0 aromatic carbocycles. The maximum atomic E-state index is 11.0. The highest BCUT2D eigenvalue weighted by Gasteiger charge is 1.94. The number of carbonyl (C=O) groups is 1. The van der Waals surface area contributed by atoms with Gasteiger partial charge in [-0.3, -0.25) is 0 Å². The highest BCUT2D eigenvalue weighted by Crippen LogP contribution is 1.96. The van der Waals surface area contributed by atoms with Crippen LogP contribution in [0.4, 0.5) is 0 Å². The Kier molecular flexibility index (Phi) is 8.78. The van der Waals surface area contributed by atoms with E-state index in [1.807, 2.05) is 37.3 Å². The van der Waals surface area contributed by atoms with Crippen LogP contribution in [0.1, 0.15) is 13.8 Å². The standard InChI is InChI=1S/C12H15BrO2/c1-3-15-12(14)10-11(2)8-6-4-5-7-9-13/h4-10H,3H2,1-2H3/b5-4+,8-6+,9-7+,11-10+. The third kappa shape index (κ3) is 9.22. The van der Waals surface area contributed by atoms with Gasteiger partial charge in [0.15, 0.2) is 0 Å². The molecule has 0 aromatic rings. The van der Waals surface area contributed by atoms with Gasteiger partial charge in [-0.1, -0.05) is 46.3 Å². The Bertz CT molecular complexity index is 299. The van der Waals surface area contributed by atoms with Crippen LogP contribution in [0.3, 0.4) is 0 Å². The summed E-state index contributed by atoms with van der Waals surface area (Å²) in [7, 11) is 0. The van der Waals surface area contributed by atoms with E-state index in [0.29, 0.717) is 6.61 Å². The quantitative estimate of drug-likeness (QED) is 0.434. The molecule has 0 saturated heterocycles. The van der Waals surface area contributed by atoms with E-state index in [-0.39, 0.29) is 5.97 Å². The Balaban J connectivity index is 4.11. The molecule has 0 N–H and O–H groups in total. The fraction of sp³-hybridized carbons (Fsp3) is 0.250. The summed E-state index contributed by atoms with van der Waals surface area (Å²) in [6.45, 7) is 4.04. The van der Waals surface area contributed by atoms with Gasteiger partial charge < -0.3 is 4.74 Å². The molecule has 0 aliphatic heterocycles. The van der Waals surface area contributed by atoms with E-state index < -0.39 is 0 Å². The lowest BCUT2D eigenvalue weighted by Gasteiger charge is -1.95. The predicted octanol–water partition coefficient (Wildman–Crippen LogP) is 3.52. The number of halogens is 1. The number of ether oxygens (including phenoxy) is 1. The summed E-state index contributed by atoms with van der Waals surface area (Å²) in [6, 6.07) is 0. The lowest BCUT2D eigenvalue weighted by molar-refractivity contribution is -0.137. The van der Waals surface area contributed by atoms with Gasteiger partial charge in [0.1, 0.15) is 0 Å². The summed E-state index contributed by atoms with van der Waals surface area (Å²) in [6.07, 6.45) is 10.8. The highest BCUT2D eigenvalue weighted by atomic mass is 79.9. The molecule has 0 heterocycles. The number of esters is 1. The van der Waals surface area contributed by atoms with E-state index in [1.54, 1.807) is 11.9 Å². The fourth-order valence-corrected chi connectivity index (χ4v) is 0.972. The average molecular weight is 271 g/mol. The lowest BCUT2D eigenvalue weighted by atomic mass is 10.2. The lowest BCUT2D eigenvalue weighted by Crippen LogP contribution is -1.99. The molecule has 0 unspecified atom stereocenters. The molecule has 0 rings (SSSR count). The smallest absolute Gasteiger partial charge is 0.330 e. The molecule has 0 aliphatic carbocycles. The van der Waals surface area contributed by atoms with Crippen molar-refractivity contribution < 1.29 is 9.53 Å². The van der Waals surface area contributed by atoms with Crippen molar-refractivity contribution in [2.45, 2.75) is 13.8 Å². The van der Waals surface area contributed by atoms with Crippen molar-refractivity contribution in [2.24, 2.45) is 0 Å². The molecular formula is C12H15BrO2. The second-order valence-corrected chi connectivity index (χ2v) is 3.23. The molecule has 0 fully saturated rings. The van der Waals surface area contributed by atoms with Crippen molar-refractivity contribution in [1.29, 1.82) is 0 Å². The summed E-state index contributed by atoms with van der Waals surface area (Å²) in [5.41, 5.74) is 0.862. The average Bonchev–Trinajstić information content (AvgIpc) is 2.17. The van der Waals surface area contributed by atoms with Crippen LogP contribution in [0.5, 0.6) is 0 Å². The minimum Gasteiger partial charge on any atom is -0.463 e. The second kappa shape index (κ2) is 9.46. The van der Waals surface area contributed by atoms with Crippen molar-refractivity contribution in [3.05, 3.63) is 47.0 Å². The summed E-state index contributed by atoms with van der Waals surface area (Å²) in [4.78, 5) is 12.8. The largest absolute Gasteiger partial charge is 0.463 e. The molecule has 0 atom stereocenters. The van der Waals surface area contributed by atoms with Crippen LogP contribution in [0.25, 0.3) is 0 Å². The molecular weight excluding hydrogens is 256 g/mol. The maximum absolute atomic E-state index is 11.0. The van der Waals surface area contributed by atoms with Crippen molar-refractivity contribution in [3.63, 3.8) is 0 Å². The molecule has 0 spiro atoms. The third-order valence-electron chi connectivity index (χ3n) is 1.40. The molecule has 3 heteroatoms. The Hall–Kier alpha value is -1.09. The first-order chi connectivity index (χ1) is 7.20. The monoisotopic (exact) mass is 270 g/mol. The van der Waals surface area contributed by atoms with Crippen LogP contribution in [0.2, 0.25) is 0 Å². The first kappa shape index (κ1) is 13.9. The molecule has 0 radical (unpaired) electrons. The van der Waals surface area contributed by atoms with Gasteiger partial charge in [0.05, 0.1) is 6.61 Å². The minimum absolute atomic E-state index is 0.302. The summed E-state index contributed by atoms with van der Waals surface area (Å²) >= 11 is 3.15. The Morgan fingerprint density at radius 1 is 1.27 bits per heavy atom. The number of carbonyl (C=O) groups excluding carboxylic acids is 1. The van der Waals surface area contributed by atoms with E-state index in [0.717, 1.165) is 5.57 Å². The maximum Gasteiger partial charge on any atom is 0.330 e. The van der Waals surface area contributed by atoms with Gasteiger partial charge >= 0.3 is 5.97 Å². The van der Waals surface area contributed by atoms with Gasteiger partial charge in [0, 0.05) is 6.08 Å². The van der Waals surface area contributed by atoms with Gasteiger partial charge in [-0.2, -0.15) is 0 Å². The molecule has 0 aromatic heterocycles. The van der Waals surface area contributed by atoms with E-state index in [4.69, 9.17) is 4.74 Å². The van der Waals surface area contributed by atoms with Crippen LogP contribution < -0.4 is 0 Å². The van der Waals surface area contributed by atoms with Gasteiger partial charge in [0.25, 0.3) is 0 Å². The summed E-state index contributed by atoms with van der Waals surface area (Å²) in [5.74, 6) is -0.302. The third-order valence-corrected chi connectivity index (χ3v) is 1.70. The SMILES string of the molecule is CCOC(=O)/C=C(C)/C=C/C=C/C=C/Br. The van der Waals surface area contributed by atoms with E-state index in [9.17, 15) is 4.79 Å². The number of hydrogen-bond donors (Lipinski definition) is 0. The van der Waals surface area contributed by atoms with Crippen LogP contribution in [-0.2, 0) is 9.53 Å². The topological polar surface area (TPSA) is 26.3 Å². The summed E-state index contributed by atoms with van der Waals surface area (Å²) in [5, 5.41) is 0. The molecule has 0 saturated carbocycles. The molecule has 0 bridgehead atoms. The van der Waals surface area contributed by atoms with Crippen molar-refractivity contribution >= 4 is 21.9 Å². The van der Waals surface area contributed by atoms with E-state index in [2.05, 4.69) is 15.9 Å². The van der Waals surface area contributed by atoms with Gasteiger partial charge in [0.2, 0.25) is 0 Å². The molecule has 82 valence electrons. The minimum atomic E-state index is -0.302. The number of allylic oxidation sites excluding steroid dienone is 6. The Labute approximate surface area is 99.1 Å². The van der Waals surface area contributed by atoms with Crippen molar-refractivity contribution in [1.82, 2.24) is 0 Å².